The number of fused-ring (bicyclic) bond motifs is 2. The number of halogens is 2. The third-order valence-electron chi connectivity index (χ3n) is 8.54. The summed E-state index contributed by atoms with van der Waals surface area (Å²) in [5, 5.41) is 1.96. The van der Waals surface area contributed by atoms with E-state index in [1.165, 1.54) is 11.3 Å². The minimum absolute atomic E-state index is 0.153. The van der Waals surface area contributed by atoms with Crippen LogP contribution in [0, 0.1) is 0 Å². The molecule has 252 valence electrons. The number of aromatic nitrogens is 2. The quantitative estimate of drug-likeness (QED) is 0.147. The summed E-state index contributed by atoms with van der Waals surface area (Å²) in [6.07, 6.45) is 3.91. The molecule has 3 heterocycles. The third-order valence-corrected chi connectivity index (χ3v) is 10.3. The van der Waals surface area contributed by atoms with Crippen molar-refractivity contribution in [2.75, 3.05) is 20.8 Å². The lowest BCUT2D eigenvalue weighted by atomic mass is 9.93. The van der Waals surface area contributed by atoms with Gasteiger partial charge in [-0.15, -0.1) is 0 Å². The van der Waals surface area contributed by atoms with Crippen molar-refractivity contribution in [2.45, 2.75) is 19.5 Å². The number of hydrogen-bond acceptors (Lipinski definition) is 7. The van der Waals surface area contributed by atoms with E-state index in [9.17, 15) is 9.59 Å². The number of nitrogens with zero attached hydrogens (tertiary/aromatic N) is 3. The predicted octanol–water partition coefficient (Wildman–Crippen LogP) is 7.26. The zero-order valence-electron chi connectivity index (χ0n) is 27.4. The van der Waals surface area contributed by atoms with Crippen molar-refractivity contribution < 1.29 is 19.0 Å². The Labute approximate surface area is 301 Å². The van der Waals surface area contributed by atoms with Crippen molar-refractivity contribution in [3.8, 4) is 11.5 Å². The highest BCUT2D eigenvalue weighted by atomic mass is 35.5. The van der Waals surface area contributed by atoms with Crippen LogP contribution < -0.4 is 24.4 Å². The number of ether oxygens (including phenoxy) is 3. The zero-order chi connectivity index (χ0) is 34.9. The molecule has 2 aromatic heterocycles. The molecule has 0 spiro atoms. The number of hydrogen-bond donors (Lipinski definition) is 0. The fourth-order valence-corrected chi connectivity index (χ4v) is 7.59. The standard InChI is InChI=1S/C39H31Cl2N3O5S/c1-4-49-38(46)34-35(24-10-6-5-7-11-24)42-39-44(36(34)25-15-17-31(47-2)32(19-25)48-3)37(45)33(50-39)20-26-22-43(30-13-9-8-12-27(26)30)21-23-14-16-28(40)29(41)18-23/h5-20,22,36H,4,21H2,1-3H3/b33-20+. The van der Waals surface area contributed by atoms with Gasteiger partial charge in [0.15, 0.2) is 16.3 Å². The highest BCUT2D eigenvalue weighted by molar-refractivity contribution is 7.07. The second kappa shape index (κ2) is 14.0. The first kappa shape index (κ1) is 33.4. The van der Waals surface area contributed by atoms with Crippen molar-refractivity contribution in [1.82, 2.24) is 9.13 Å². The van der Waals surface area contributed by atoms with E-state index in [2.05, 4.69) is 4.57 Å². The summed E-state index contributed by atoms with van der Waals surface area (Å²) in [4.78, 5) is 33.9. The van der Waals surface area contributed by atoms with Crippen LogP contribution in [0.15, 0.2) is 113 Å². The van der Waals surface area contributed by atoms with Crippen LogP contribution in [0.3, 0.4) is 0 Å². The van der Waals surface area contributed by atoms with E-state index in [4.69, 9.17) is 42.4 Å². The molecular formula is C39H31Cl2N3O5S. The van der Waals surface area contributed by atoms with Gasteiger partial charge in [0, 0.05) is 34.8 Å². The number of para-hydroxylation sites is 1. The van der Waals surface area contributed by atoms with Gasteiger partial charge in [0.25, 0.3) is 5.56 Å². The average Bonchev–Trinajstić information content (AvgIpc) is 3.64. The highest BCUT2D eigenvalue weighted by Gasteiger charge is 2.35. The summed E-state index contributed by atoms with van der Waals surface area (Å²) in [7, 11) is 3.10. The predicted molar refractivity (Wildman–Crippen MR) is 198 cm³/mol. The Morgan fingerprint density at radius 2 is 1.68 bits per heavy atom. The minimum Gasteiger partial charge on any atom is -0.493 e. The van der Waals surface area contributed by atoms with E-state index in [1.54, 1.807) is 43.9 Å². The van der Waals surface area contributed by atoms with Gasteiger partial charge < -0.3 is 18.8 Å². The number of benzene rings is 4. The lowest BCUT2D eigenvalue weighted by molar-refractivity contribution is -0.138. The summed E-state index contributed by atoms with van der Waals surface area (Å²) in [6.45, 7) is 2.45. The van der Waals surface area contributed by atoms with Gasteiger partial charge in [-0.25, -0.2) is 9.79 Å². The molecule has 0 saturated heterocycles. The number of thiazole rings is 1. The molecule has 6 aromatic rings. The molecule has 0 saturated carbocycles. The molecule has 0 aliphatic carbocycles. The number of carbonyl (C=O) groups is 1. The number of carbonyl (C=O) groups excluding carboxylic acids is 1. The summed E-state index contributed by atoms with van der Waals surface area (Å²) in [5.74, 6) is 0.420. The van der Waals surface area contributed by atoms with Gasteiger partial charge in [-0.3, -0.25) is 9.36 Å². The molecule has 0 bridgehead atoms. The van der Waals surface area contributed by atoms with Crippen LogP contribution in [0.1, 0.15) is 35.2 Å². The molecule has 50 heavy (non-hydrogen) atoms. The maximum Gasteiger partial charge on any atom is 0.338 e. The molecule has 1 aliphatic rings. The second-order valence-electron chi connectivity index (χ2n) is 11.5. The Hall–Kier alpha value is -5.09. The van der Waals surface area contributed by atoms with Crippen LogP contribution in [0.5, 0.6) is 11.5 Å². The first-order chi connectivity index (χ1) is 24.3. The molecule has 1 aliphatic heterocycles. The fourth-order valence-electron chi connectivity index (χ4n) is 6.28. The largest absolute Gasteiger partial charge is 0.493 e. The van der Waals surface area contributed by atoms with Crippen LogP contribution >= 0.6 is 34.5 Å². The number of rotatable bonds is 9. The Morgan fingerprint density at radius 3 is 2.42 bits per heavy atom. The van der Waals surface area contributed by atoms with Crippen LogP contribution in [0.25, 0.3) is 22.7 Å². The summed E-state index contributed by atoms with van der Waals surface area (Å²) >= 11 is 13.8. The SMILES string of the molecule is CCOC(=O)C1=C(c2ccccc2)N=c2s/c(=C/c3cn(Cc4ccc(Cl)c(Cl)c4)c4ccccc34)c(=O)n2C1c1ccc(OC)c(OC)c1. The fraction of sp³-hybridized carbons (Fsp3) is 0.154. The molecule has 11 heteroatoms. The normalized spacial score (nSPS) is 14.4. The molecule has 0 amide bonds. The van der Waals surface area contributed by atoms with E-state index in [-0.39, 0.29) is 17.7 Å². The second-order valence-corrected chi connectivity index (χ2v) is 13.3. The number of methoxy groups -OCH3 is 2. The Bertz CT molecular complexity index is 2480. The lowest BCUT2D eigenvalue weighted by Gasteiger charge is -2.26. The van der Waals surface area contributed by atoms with Crippen molar-refractivity contribution >= 4 is 63.2 Å². The van der Waals surface area contributed by atoms with Gasteiger partial charge >= 0.3 is 5.97 Å². The maximum absolute atomic E-state index is 14.6. The Balaban J connectivity index is 1.45. The Morgan fingerprint density at radius 1 is 0.920 bits per heavy atom. The molecule has 7 rings (SSSR count). The van der Waals surface area contributed by atoms with Gasteiger partial charge in [0.2, 0.25) is 0 Å². The molecule has 1 atom stereocenters. The highest BCUT2D eigenvalue weighted by Crippen LogP contribution is 2.38. The molecule has 8 nitrogen and oxygen atoms in total. The lowest BCUT2D eigenvalue weighted by Crippen LogP contribution is -2.40. The maximum atomic E-state index is 14.6. The Kier molecular flexibility index (Phi) is 9.38. The van der Waals surface area contributed by atoms with Crippen molar-refractivity contribution in [3.63, 3.8) is 0 Å². The first-order valence-corrected chi connectivity index (χ1v) is 17.4. The van der Waals surface area contributed by atoms with Crippen LogP contribution in [-0.2, 0) is 16.1 Å². The van der Waals surface area contributed by atoms with Gasteiger partial charge in [-0.2, -0.15) is 0 Å². The number of esters is 1. The van der Waals surface area contributed by atoms with E-state index in [1.807, 2.05) is 85.1 Å². The smallest absolute Gasteiger partial charge is 0.338 e. The molecule has 0 fully saturated rings. The van der Waals surface area contributed by atoms with Gasteiger partial charge in [-0.1, -0.05) is 95.2 Å². The summed E-state index contributed by atoms with van der Waals surface area (Å²) in [6, 6.07) is 27.6. The van der Waals surface area contributed by atoms with Gasteiger partial charge in [0.1, 0.15) is 0 Å². The van der Waals surface area contributed by atoms with Crippen molar-refractivity contribution in [1.29, 1.82) is 0 Å². The molecular weight excluding hydrogens is 693 g/mol. The van der Waals surface area contributed by atoms with E-state index in [0.29, 0.717) is 48.7 Å². The van der Waals surface area contributed by atoms with Crippen LogP contribution in [0.2, 0.25) is 10.0 Å². The zero-order valence-corrected chi connectivity index (χ0v) is 29.7. The van der Waals surface area contributed by atoms with Crippen LogP contribution in [-0.4, -0.2) is 35.9 Å². The topological polar surface area (TPSA) is 84.1 Å². The van der Waals surface area contributed by atoms with Gasteiger partial charge in [0.05, 0.1) is 52.7 Å². The molecule has 0 N–H and O–H groups in total. The molecule has 1 unspecified atom stereocenters. The first-order valence-electron chi connectivity index (χ1n) is 15.8. The van der Waals surface area contributed by atoms with E-state index < -0.39 is 12.0 Å². The molecule has 4 aromatic carbocycles. The summed E-state index contributed by atoms with van der Waals surface area (Å²) < 4.78 is 20.9. The average molecular weight is 725 g/mol. The van der Waals surface area contributed by atoms with E-state index >= 15 is 0 Å². The van der Waals surface area contributed by atoms with Crippen molar-refractivity contribution in [3.05, 3.63) is 155 Å². The van der Waals surface area contributed by atoms with Gasteiger partial charge in [-0.05, 0) is 54.5 Å². The third kappa shape index (κ3) is 6.13. The van der Waals surface area contributed by atoms with Crippen molar-refractivity contribution in [2.24, 2.45) is 4.99 Å². The van der Waals surface area contributed by atoms with Crippen LogP contribution in [0.4, 0.5) is 0 Å². The summed E-state index contributed by atoms with van der Waals surface area (Å²) in [5.41, 5.74) is 4.62. The monoisotopic (exact) mass is 723 g/mol. The van der Waals surface area contributed by atoms with E-state index in [0.717, 1.165) is 27.6 Å². The molecule has 0 radical (unpaired) electrons. The minimum atomic E-state index is -0.863.